The molecule has 1 amide bonds. The average molecular weight is 489 g/mol. The average Bonchev–Trinajstić information content (AvgIpc) is 3.44. The van der Waals surface area contributed by atoms with E-state index in [1.807, 2.05) is 35.8 Å². The highest BCUT2D eigenvalue weighted by molar-refractivity contribution is 6.33. The van der Waals surface area contributed by atoms with Crippen molar-refractivity contribution in [3.8, 4) is 0 Å². The molecule has 0 saturated heterocycles. The number of amides is 1. The van der Waals surface area contributed by atoms with Crippen LogP contribution in [0.3, 0.4) is 0 Å². The van der Waals surface area contributed by atoms with Crippen LogP contribution in [0.15, 0.2) is 41.5 Å². The quantitative estimate of drug-likeness (QED) is 0.408. The summed E-state index contributed by atoms with van der Waals surface area (Å²) in [6, 6.07) is 5.60. The van der Waals surface area contributed by atoms with Crippen molar-refractivity contribution in [1.82, 2.24) is 14.5 Å². The van der Waals surface area contributed by atoms with Gasteiger partial charge in [0.05, 0.1) is 12.7 Å². The van der Waals surface area contributed by atoms with E-state index in [4.69, 9.17) is 23.2 Å². The van der Waals surface area contributed by atoms with Gasteiger partial charge in [0.1, 0.15) is 11.5 Å². The summed E-state index contributed by atoms with van der Waals surface area (Å²) in [6.07, 6.45) is 9.14. The van der Waals surface area contributed by atoms with Gasteiger partial charge in [-0.25, -0.2) is 4.98 Å². The lowest BCUT2D eigenvalue weighted by Crippen LogP contribution is -2.44. The highest BCUT2D eigenvalue weighted by Gasteiger charge is 2.28. The number of nitrogens with zero attached hydrogens (tertiary/aromatic N) is 4. The van der Waals surface area contributed by atoms with Crippen molar-refractivity contribution in [2.45, 2.75) is 65.6 Å². The normalized spacial score (nSPS) is 17.4. The molecule has 0 saturated carbocycles. The molecule has 8 heteroatoms. The summed E-state index contributed by atoms with van der Waals surface area (Å²) in [5.41, 5.74) is 2.75. The number of carbonyl (C=O) groups is 2. The molecule has 2 aliphatic rings. The Morgan fingerprint density at radius 3 is 2.73 bits per heavy atom. The summed E-state index contributed by atoms with van der Waals surface area (Å²) in [4.78, 5) is 34.4. The Balaban J connectivity index is 0.000000235. The van der Waals surface area contributed by atoms with Crippen molar-refractivity contribution in [2.24, 2.45) is 4.99 Å². The van der Waals surface area contributed by atoms with Gasteiger partial charge in [-0.3, -0.25) is 14.6 Å². The smallest absolute Gasteiger partial charge is 0.247 e. The number of ketones is 1. The summed E-state index contributed by atoms with van der Waals surface area (Å²) in [6.45, 7) is 7.55. The molecule has 3 heterocycles. The monoisotopic (exact) mass is 488 g/mol. The minimum Gasteiger partial charge on any atom is -0.327 e. The number of halogens is 2. The number of carbonyl (C=O) groups excluding carboxylic acids is 2. The molecular formula is C25H30Cl2N4O2. The lowest BCUT2D eigenvalue weighted by molar-refractivity contribution is -0.129. The van der Waals surface area contributed by atoms with E-state index in [2.05, 4.69) is 16.9 Å². The summed E-state index contributed by atoms with van der Waals surface area (Å²) in [5.74, 6) is 0.744. The lowest BCUT2D eigenvalue weighted by Gasteiger charge is -2.33. The summed E-state index contributed by atoms with van der Waals surface area (Å²) < 4.78 is 1.92. The standard InChI is InChI=1S/C16H20N4O2.C9H10Cl2/c1-11-9-20-14(12(2)21)8-18-15(20)10-19(11)16(22)6-5-13-4-3-7-17-13;1-2-3-7-6-8(10)4-5-9(7)11/h5-6,8,11H,3-4,7,9-10H2,1-2H3;4-6H,2-3H2,1H3/b6-5+;. The van der Waals surface area contributed by atoms with Gasteiger partial charge in [0, 0.05) is 47.9 Å². The highest BCUT2D eigenvalue weighted by Crippen LogP contribution is 2.22. The van der Waals surface area contributed by atoms with E-state index in [1.165, 1.54) is 6.92 Å². The molecule has 4 rings (SSSR count). The highest BCUT2D eigenvalue weighted by atomic mass is 35.5. The Hall–Kier alpha value is -2.44. The third kappa shape index (κ3) is 6.55. The van der Waals surface area contributed by atoms with E-state index in [9.17, 15) is 9.59 Å². The van der Waals surface area contributed by atoms with Crippen LogP contribution in [0.5, 0.6) is 0 Å². The molecule has 0 aliphatic carbocycles. The van der Waals surface area contributed by atoms with Gasteiger partial charge in [0.2, 0.25) is 5.91 Å². The van der Waals surface area contributed by atoms with Crippen molar-refractivity contribution in [1.29, 1.82) is 0 Å². The van der Waals surface area contributed by atoms with E-state index in [1.54, 1.807) is 17.2 Å². The van der Waals surface area contributed by atoms with Crippen LogP contribution in [0, 0.1) is 0 Å². The second kappa shape index (κ2) is 11.6. The van der Waals surface area contributed by atoms with Crippen LogP contribution < -0.4 is 0 Å². The van der Waals surface area contributed by atoms with E-state index in [-0.39, 0.29) is 17.7 Å². The maximum atomic E-state index is 12.4. The van der Waals surface area contributed by atoms with Crippen molar-refractivity contribution in [3.63, 3.8) is 0 Å². The number of fused-ring (bicyclic) bond motifs is 1. The third-order valence-corrected chi connectivity index (χ3v) is 6.33. The van der Waals surface area contributed by atoms with Crippen LogP contribution in [0.25, 0.3) is 0 Å². The Morgan fingerprint density at radius 2 is 2.06 bits per heavy atom. The fourth-order valence-corrected chi connectivity index (χ4v) is 4.36. The molecule has 33 heavy (non-hydrogen) atoms. The maximum absolute atomic E-state index is 12.4. The first-order valence-electron chi connectivity index (χ1n) is 11.3. The summed E-state index contributed by atoms with van der Waals surface area (Å²) in [7, 11) is 0. The first-order valence-corrected chi connectivity index (χ1v) is 12.1. The van der Waals surface area contributed by atoms with Gasteiger partial charge in [0.15, 0.2) is 5.78 Å². The van der Waals surface area contributed by atoms with Crippen LogP contribution in [-0.2, 0) is 24.3 Å². The Morgan fingerprint density at radius 1 is 1.27 bits per heavy atom. The molecule has 1 atom stereocenters. The summed E-state index contributed by atoms with van der Waals surface area (Å²) >= 11 is 11.7. The SMILES string of the molecule is CC(=O)c1cnc2n1CC(C)N(C(=O)/C=C/C1=NCCC1)C2.CCCc1cc(Cl)ccc1Cl. The Kier molecular flexibility index (Phi) is 8.87. The van der Waals surface area contributed by atoms with Gasteiger partial charge in [-0.2, -0.15) is 0 Å². The summed E-state index contributed by atoms with van der Waals surface area (Å²) in [5, 5.41) is 1.58. The molecule has 176 valence electrons. The minimum absolute atomic E-state index is 0.00451. The number of imidazole rings is 1. The third-order valence-electron chi connectivity index (χ3n) is 5.72. The largest absolute Gasteiger partial charge is 0.327 e. The zero-order valence-electron chi connectivity index (χ0n) is 19.4. The van der Waals surface area contributed by atoms with Crippen molar-refractivity contribution >= 4 is 40.6 Å². The van der Waals surface area contributed by atoms with Crippen LogP contribution in [0.1, 0.15) is 61.9 Å². The maximum Gasteiger partial charge on any atom is 0.247 e. The van der Waals surface area contributed by atoms with E-state index < -0.39 is 0 Å². The number of hydrogen-bond donors (Lipinski definition) is 0. The number of aryl methyl sites for hydroxylation is 1. The molecule has 0 N–H and O–H groups in total. The number of aliphatic imine (C=N–C) groups is 1. The zero-order chi connectivity index (χ0) is 24.0. The van der Waals surface area contributed by atoms with Gasteiger partial charge in [-0.15, -0.1) is 0 Å². The van der Waals surface area contributed by atoms with Crippen molar-refractivity contribution in [3.05, 3.63) is 63.7 Å². The van der Waals surface area contributed by atoms with Crippen LogP contribution in [0.2, 0.25) is 10.0 Å². The van der Waals surface area contributed by atoms with Crippen molar-refractivity contribution < 1.29 is 9.59 Å². The van der Waals surface area contributed by atoms with Gasteiger partial charge in [0.25, 0.3) is 0 Å². The molecule has 2 aliphatic heterocycles. The molecule has 1 aromatic heterocycles. The van der Waals surface area contributed by atoms with Gasteiger partial charge in [-0.05, 0) is 56.0 Å². The first kappa shape index (κ1) is 25.2. The molecular weight excluding hydrogens is 459 g/mol. The lowest BCUT2D eigenvalue weighted by atomic mass is 10.1. The Labute approximate surface area is 205 Å². The van der Waals surface area contributed by atoms with Crippen LogP contribution >= 0.6 is 23.2 Å². The molecule has 0 spiro atoms. The number of Topliss-reactive ketones (excluding diaryl/α,β-unsaturated/α-hetero) is 1. The second-order valence-corrected chi connectivity index (χ2v) is 9.18. The Bertz CT molecular complexity index is 1070. The molecule has 6 nitrogen and oxygen atoms in total. The molecule has 2 aromatic rings. The molecule has 0 radical (unpaired) electrons. The number of benzene rings is 1. The van der Waals surface area contributed by atoms with E-state index >= 15 is 0 Å². The first-order chi connectivity index (χ1) is 15.8. The van der Waals surface area contributed by atoms with Crippen molar-refractivity contribution in [2.75, 3.05) is 6.54 Å². The van der Waals surface area contributed by atoms with Crippen LogP contribution in [-0.4, -0.2) is 44.4 Å². The zero-order valence-corrected chi connectivity index (χ0v) is 20.9. The van der Waals surface area contributed by atoms with Gasteiger partial charge >= 0.3 is 0 Å². The minimum atomic E-state index is -0.0271. The number of allylic oxidation sites excluding steroid dienone is 1. The van der Waals surface area contributed by atoms with E-state index in [0.29, 0.717) is 18.8 Å². The second-order valence-electron chi connectivity index (χ2n) is 8.34. The van der Waals surface area contributed by atoms with Gasteiger partial charge < -0.3 is 9.47 Å². The fraction of sp³-hybridized carbons (Fsp3) is 0.440. The molecule has 0 bridgehead atoms. The van der Waals surface area contributed by atoms with Gasteiger partial charge in [-0.1, -0.05) is 36.5 Å². The molecule has 1 aromatic carbocycles. The topological polar surface area (TPSA) is 67.6 Å². The predicted molar refractivity (Wildman–Crippen MR) is 133 cm³/mol. The molecule has 0 fully saturated rings. The number of hydrogen-bond acceptors (Lipinski definition) is 4. The number of rotatable bonds is 5. The van der Waals surface area contributed by atoms with E-state index in [0.717, 1.165) is 59.4 Å². The number of aromatic nitrogens is 2. The van der Waals surface area contributed by atoms with Crippen LogP contribution in [0.4, 0.5) is 0 Å². The predicted octanol–water partition coefficient (Wildman–Crippen LogP) is 5.55. The fourth-order valence-electron chi connectivity index (χ4n) is 3.96. The molecule has 1 unspecified atom stereocenters.